The first-order valence-corrected chi connectivity index (χ1v) is 7.04. The number of nitrogens with zero attached hydrogens (tertiary/aromatic N) is 1. The third kappa shape index (κ3) is 3.23. The number of rotatable bonds is 4. The molecule has 2 aromatic rings. The molecule has 0 aromatic heterocycles. The summed E-state index contributed by atoms with van der Waals surface area (Å²) >= 11 is 15.1. The number of benzene rings is 2. The molecular formula is C13H8BrCl2NO3. The van der Waals surface area contributed by atoms with Crippen LogP contribution in [0.4, 0.5) is 5.69 Å². The lowest BCUT2D eigenvalue weighted by Crippen LogP contribution is -1.99. The molecule has 104 valence electrons. The van der Waals surface area contributed by atoms with Crippen LogP contribution in [0.5, 0.6) is 5.75 Å². The average molecular weight is 377 g/mol. The van der Waals surface area contributed by atoms with Crippen LogP contribution in [0.25, 0.3) is 0 Å². The predicted octanol–water partition coefficient (Wildman–Crippen LogP) is 5.24. The third-order valence-corrected chi connectivity index (χ3v) is 4.27. The van der Waals surface area contributed by atoms with Crippen molar-refractivity contribution in [1.29, 1.82) is 0 Å². The van der Waals surface area contributed by atoms with E-state index in [1.54, 1.807) is 30.3 Å². The van der Waals surface area contributed by atoms with Gasteiger partial charge >= 0.3 is 0 Å². The van der Waals surface area contributed by atoms with Crippen molar-refractivity contribution in [3.63, 3.8) is 0 Å². The van der Waals surface area contributed by atoms with Gasteiger partial charge in [-0.05, 0) is 28.1 Å². The molecule has 0 unspecified atom stereocenters. The van der Waals surface area contributed by atoms with E-state index >= 15 is 0 Å². The molecule has 2 rings (SSSR count). The van der Waals surface area contributed by atoms with E-state index < -0.39 is 4.92 Å². The molecule has 7 heteroatoms. The summed E-state index contributed by atoms with van der Waals surface area (Å²) < 4.78 is 5.94. The van der Waals surface area contributed by atoms with E-state index in [9.17, 15) is 10.1 Å². The third-order valence-electron chi connectivity index (χ3n) is 2.55. The first-order chi connectivity index (χ1) is 9.50. The molecular weight excluding hydrogens is 369 g/mol. The fourth-order valence-corrected chi connectivity index (χ4v) is 2.44. The summed E-state index contributed by atoms with van der Waals surface area (Å²) in [5, 5.41) is 11.5. The number of ether oxygens (including phenoxy) is 1. The van der Waals surface area contributed by atoms with Gasteiger partial charge in [0.15, 0.2) is 0 Å². The fourth-order valence-electron chi connectivity index (χ4n) is 1.57. The van der Waals surface area contributed by atoms with Crippen LogP contribution in [0.1, 0.15) is 5.56 Å². The monoisotopic (exact) mass is 375 g/mol. The zero-order chi connectivity index (χ0) is 14.7. The lowest BCUT2D eigenvalue weighted by Gasteiger charge is -2.10. The van der Waals surface area contributed by atoms with Gasteiger partial charge in [-0.1, -0.05) is 41.4 Å². The second-order valence-electron chi connectivity index (χ2n) is 3.85. The Labute approximate surface area is 133 Å². The number of nitro benzene ring substituents is 1. The molecule has 0 bridgehead atoms. The van der Waals surface area contributed by atoms with Crippen molar-refractivity contribution in [2.45, 2.75) is 6.61 Å². The fraction of sp³-hybridized carbons (Fsp3) is 0.0769. The van der Waals surface area contributed by atoms with Crippen LogP contribution in [-0.4, -0.2) is 4.92 Å². The van der Waals surface area contributed by atoms with Crippen molar-refractivity contribution in [2.75, 3.05) is 0 Å². The van der Waals surface area contributed by atoms with E-state index in [2.05, 4.69) is 15.9 Å². The minimum atomic E-state index is -0.458. The molecule has 2 aromatic carbocycles. The lowest BCUT2D eigenvalue weighted by atomic mass is 10.2. The van der Waals surface area contributed by atoms with Gasteiger partial charge in [0.05, 0.1) is 9.95 Å². The smallest absolute Gasteiger partial charge is 0.283 e. The van der Waals surface area contributed by atoms with Gasteiger partial charge in [0.1, 0.15) is 21.9 Å². The van der Waals surface area contributed by atoms with Crippen molar-refractivity contribution >= 4 is 44.8 Å². The molecule has 0 aliphatic rings. The molecule has 0 fully saturated rings. The van der Waals surface area contributed by atoms with Gasteiger partial charge in [0.2, 0.25) is 0 Å². The summed E-state index contributed by atoms with van der Waals surface area (Å²) in [7, 11) is 0. The van der Waals surface area contributed by atoms with E-state index in [1.807, 2.05) is 0 Å². The van der Waals surface area contributed by atoms with Gasteiger partial charge < -0.3 is 4.74 Å². The Morgan fingerprint density at radius 1 is 1.20 bits per heavy atom. The van der Waals surface area contributed by atoms with Crippen molar-refractivity contribution in [1.82, 2.24) is 0 Å². The Morgan fingerprint density at radius 2 is 1.90 bits per heavy atom. The molecule has 0 N–H and O–H groups in total. The maximum absolute atomic E-state index is 10.8. The van der Waals surface area contributed by atoms with Crippen LogP contribution in [0.2, 0.25) is 10.0 Å². The topological polar surface area (TPSA) is 52.4 Å². The van der Waals surface area contributed by atoms with Crippen LogP contribution in [0, 0.1) is 10.1 Å². The molecule has 0 aliphatic heterocycles. The summed E-state index contributed by atoms with van der Waals surface area (Å²) in [6.07, 6.45) is 0. The van der Waals surface area contributed by atoms with Gasteiger partial charge in [0.25, 0.3) is 5.69 Å². The maximum atomic E-state index is 10.8. The van der Waals surface area contributed by atoms with Crippen molar-refractivity contribution in [3.05, 3.63) is 66.6 Å². The standard InChI is InChI=1S/C13H8BrCl2NO3/c14-12-8(3-1-5-10(12)17(18)19)7-20-11-6-2-4-9(15)13(11)16/h1-6H,7H2. The quantitative estimate of drug-likeness (QED) is 0.541. The summed E-state index contributed by atoms with van der Waals surface area (Å²) in [5.74, 6) is 0.428. The Kier molecular flexibility index (Phi) is 4.86. The van der Waals surface area contributed by atoms with E-state index in [0.29, 0.717) is 25.8 Å². The molecule has 4 nitrogen and oxygen atoms in total. The van der Waals surface area contributed by atoms with Crippen LogP contribution < -0.4 is 4.74 Å². The summed E-state index contributed by atoms with van der Waals surface area (Å²) in [6.45, 7) is 0.141. The van der Waals surface area contributed by atoms with E-state index in [4.69, 9.17) is 27.9 Å². The summed E-state index contributed by atoms with van der Waals surface area (Å²) in [4.78, 5) is 10.4. The van der Waals surface area contributed by atoms with Crippen LogP contribution in [0.15, 0.2) is 40.9 Å². The molecule has 0 atom stereocenters. The molecule has 0 radical (unpaired) electrons. The van der Waals surface area contributed by atoms with Gasteiger partial charge in [-0.2, -0.15) is 0 Å². The Balaban J connectivity index is 2.21. The highest BCUT2D eigenvalue weighted by molar-refractivity contribution is 9.10. The minimum absolute atomic E-state index is 0.0108. The van der Waals surface area contributed by atoms with Crippen LogP contribution >= 0.6 is 39.1 Å². The first kappa shape index (κ1) is 15.1. The largest absolute Gasteiger partial charge is 0.487 e. The molecule has 20 heavy (non-hydrogen) atoms. The highest BCUT2D eigenvalue weighted by Crippen LogP contribution is 2.33. The molecule has 0 heterocycles. The highest BCUT2D eigenvalue weighted by Gasteiger charge is 2.15. The van der Waals surface area contributed by atoms with E-state index in [1.165, 1.54) is 6.07 Å². The molecule has 0 saturated heterocycles. The molecule has 0 saturated carbocycles. The summed E-state index contributed by atoms with van der Waals surface area (Å²) in [5.41, 5.74) is 0.638. The number of halogens is 3. The number of nitro groups is 1. The van der Waals surface area contributed by atoms with Crippen LogP contribution in [0.3, 0.4) is 0 Å². The average Bonchev–Trinajstić information content (AvgIpc) is 2.41. The zero-order valence-corrected chi connectivity index (χ0v) is 13.1. The van der Waals surface area contributed by atoms with Crippen molar-refractivity contribution < 1.29 is 9.66 Å². The normalized spacial score (nSPS) is 10.3. The Hall–Kier alpha value is -1.30. The second kappa shape index (κ2) is 6.43. The van der Waals surface area contributed by atoms with Crippen molar-refractivity contribution in [2.24, 2.45) is 0 Å². The Morgan fingerprint density at radius 3 is 2.60 bits per heavy atom. The van der Waals surface area contributed by atoms with Gasteiger partial charge in [-0.15, -0.1) is 0 Å². The second-order valence-corrected chi connectivity index (χ2v) is 5.43. The SMILES string of the molecule is O=[N+]([O-])c1cccc(COc2cccc(Cl)c2Cl)c1Br. The first-order valence-electron chi connectivity index (χ1n) is 5.49. The summed E-state index contributed by atoms with van der Waals surface area (Å²) in [6, 6.07) is 9.79. The highest BCUT2D eigenvalue weighted by atomic mass is 79.9. The minimum Gasteiger partial charge on any atom is -0.487 e. The van der Waals surface area contributed by atoms with Crippen molar-refractivity contribution in [3.8, 4) is 5.75 Å². The number of hydrogen-bond acceptors (Lipinski definition) is 3. The van der Waals surface area contributed by atoms with E-state index in [-0.39, 0.29) is 12.3 Å². The lowest BCUT2D eigenvalue weighted by molar-refractivity contribution is -0.385. The Bertz CT molecular complexity index is 664. The maximum Gasteiger partial charge on any atom is 0.283 e. The molecule has 0 amide bonds. The molecule has 0 spiro atoms. The predicted molar refractivity (Wildman–Crippen MR) is 81.6 cm³/mol. The molecule has 0 aliphatic carbocycles. The van der Waals surface area contributed by atoms with Gasteiger partial charge in [-0.3, -0.25) is 10.1 Å². The van der Waals surface area contributed by atoms with Gasteiger partial charge in [0, 0.05) is 11.6 Å². The number of hydrogen-bond donors (Lipinski definition) is 0. The zero-order valence-electron chi connectivity index (χ0n) is 9.98. The van der Waals surface area contributed by atoms with E-state index in [0.717, 1.165) is 0 Å². The van der Waals surface area contributed by atoms with Gasteiger partial charge in [-0.25, -0.2) is 0 Å². The van der Waals surface area contributed by atoms with Crippen LogP contribution in [-0.2, 0) is 6.61 Å².